The van der Waals surface area contributed by atoms with E-state index in [9.17, 15) is 15.2 Å². The zero-order valence-electron chi connectivity index (χ0n) is 9.65. The Balaban J connectivity index is 3.10. The van der Waals surface area contributed by atoms with Gasteiger partial charge in [0.05, 0.1) is 4.92 Å². The highest BCUT2D eigenvalue weighted by Gasteiger charge is 2.22. The van der Waals surface area contributed by atoms with Crippen molar-refractivity contribution in [1.29, 1.82) is 0 Å². The van der Waals surface area contributed by atoms with Gasteiger partial charge in [0.2, 0.25) is 0 Å². The summed E-state index contributed by atoms with van der Waals surface area (Å²) in [5.74, 6) is 0.0486. The topological polar surface area (TPSA) is 75.4 Å². The molecule has 0 aromatic heterocycles. The lowest BCUT2D eigenvalue weighted by molar-refractivity contribution is -0.385. The largest absolute Gasteiger partial charge is 0.508 e. The van der Waals surface area contributed by atoms with E-state index in [4.69, 9.17) is 0 Å². The molecule has 2 N–H and O–H groups in total. The number of phenolic OH excluding ortho intramolecular Hbond substituents is 1. The van der Waals surface area contributed by atoms with Crippen LogP contribution in [0.4, 0.5) is 5.69 Å². The molecular formula is C11H16N2O3. The van der Waals surface area contributed by atoms with E-state index in [1.165, 1.54) is 18.2 Å². The third kappa shape index (κ3) is 2.93. The van der Waals surface area contributed by atoms with E-state index in [1.54, 1.807) is 7.05 Å². The van der Waals surface area contributed by atoms with Crippen LogP contribution in [0.15, 0.2) is 18.2 Å². The van der Waals surface area contributed by atoms with Crippen LogP contribution >= 0.6 is 0 Å². The molecule has 1 aromatic rings. The normalized spacial score (nSPS) is 11.4. The van der Waals surface area contributed by atoms with Crippen molar-refractivity contribution >= 4 is 5.69 Å². The van der Waals surface area contributed by atoms with Gasteiger partial charge in [-0.05, 0) is 39.4 Å². The smallest absolute Gasteiger partial charge is 0.272 e. The van der Waals surface area contributed by atoms with Crippen LogP contribution in [0.1, 0.15) is 19.4 Å². The summed E-state index contributed by atoms with van der Waals surface area (Å²) in [5.41, 5.74) is 0.323. The monoisotopic (exact) mass is 224 g/mol. The van der Waals surface area contributed by atoms with Gasteiger partial charge >= 0.3 is 0 Å². The van der Waals surface area contributed by atoms with Gasteiger partial charge in [-0.25, -0.2) is 0 Å². The van der Waals surface area contributed by atoms with Gasteiger partial charge < -0.3 is 10.4 Å². The number of phenols is 1. The van der Waals surface area contributed by atoms with Crippen LogP contribution in [-0.4, -0.2) is 22.6 Å². The number of benzene rings is 1. The van der Waals surface area contributed by atoms with E-state index < -0.39 is 4.92 Å². The molecule has 1 rings (SSSR count). The quantitative estimate of drug-likeness (QED) is 0.604. The predicted molar refractivity (Wildman–Crippen MR) is 61.6 cm³/mol. The lowest BCUT2D eigenvalue weighted by Crippen LogP contribution is -2.38. The van der Waals surface area contributed by atoms with Crippen LogP contribution in [0.5, 0.6) is 5.75 Å². The van der Waals surface area contributed by atoms with Crippen LogP contribution in [0.3, 0.4) is 0 Å². The van der Waals surface area contributed by atoms with Crippen LogP contribution < -0.4 is 5.32 Å². The summed E-state index contributed by atoms with van der Waals surface area (Å²) in [4.78, 5) is 10.4. The van der Waals surface area contributed by atoms with Crippen molar-refractivity contribution < 1.29 is 10.0 Å². The maximum Gasteiger partial charge on any atom is 0.272 e. The minimum Gasteiger partial charge on any atom is -0.508 e. The van der Waals surface area contributed by atoms with Crippen LogP contribution in [0, 0.1) is 10.1 Å². The van der Waals surface area contributed by atoms with E-state index in [0.29, 0.717) is 12.0 Å². The highest BCUT2D eigenvalue weighted by atomic mass is 16.6. The second kappa shape index (κ2) is 4.49. The average Bonchev–Trinajstić information content (AvgIpc) is 2.16. The second-order valence-corrected chi connectivity index (χ2v) is 4.38. The molecule has 16 heavy (non-hydrogen) atoms. The highest BCUT2D eigenvalue weighted by Crippen LogP contribution is 2.26. The van der Waals surface area contributed by atoms with Crippen molar-refractivity contribution in [3.05, 3.63) is 33.9 Å². The molecule has 5 heteroatoms. The molecule has 0 saturated heterocycles. The maximum atomic E-state index is 10.8. The first kappa shape index (κ1) is 12.4. The Morgan fingerprint density at radius 3 is 2.62 bits per heavy atom. The van der Waals surface area contributed by atoms with Gasteiger partial charge in [-0.3, -0.25) is 10.1 Å². The molecule has 0 unspecified atom stereocenters. The fraction of sp³-hybridized carbons (Fsp3) is 0.455. The van der Waals surface area contributed by atoms with Crippen molar-refractivity contribution in [2.24, 2.45) is 0 Å². The molecule has 1 aromatic carbocycles. The van der Waals surface area contributed by atoms with Gasteiger partial charge in [0.15, 0.2) is 0 Å². The third-order valence-electron chi connectivity index (χ3n) is 2.57. The number of aromatic hydroxyl groups is 1. The number of hydrogen-bond acceptors (Lipinski definition) is 4. The molecule has 0 aliphatic rings. The number of nitro benzene ring substituents is 1. The van der Waals surface area contributed by atoms with Gasteiger partial charge in [0.25, 0.3) is 5.69 Å². The number of rotatable bonds is 4. The molecule has 0 heterocycles. The van der Waals surface area contributed by atoms with E-state index in [2.05, 4.69) is 5.32 Å². The Bertz CT molecular complexity index is 402. The standard InChI is InChI=1S/C11H16N2O3/c1-11(2,12-3)7-8-6-9(14)4-5-10(8)13(15)16/h4-6,12,14H,7H2,1-3H3. The Morgan fingerprint density at radius 1 is 1.50 bits per heavy atom. The Morgan fingerprint density at radius 2 is 2.12 bits per heavy atom. The number of nitrogens with one attached hydrogen (secondary N) is 1. The number of likely N-dealkylation sites (N-methyl/N-ethyl adjacent to an activating group) is 1. The summed E-state index contributed by atoms with van der Waals surface area (Å²) in [5, 5.41) is 23.2. The SMILES string of the molecule is CNC(C)(C)Cc1cc(O)ccc1[N+](=O)[O-]. The minimum absolute atomic E-state index is 0.0427. The van der Waals surface area contributed by atoms with E-state index in [-0.39, 0.29) is 17.0 Å². The summed E-state index contributed by atoms with van der Waals surface area (Å²) in [6.45, 7) is 3.89. The Hall–Kier alpha value is -1.62. The maximum absolute atomic E-state index is 10.8. The number of nitro groups is 1. The van der Waals surface area contributed by atoms with Crippen molar-refractivity contribution in [2.75, 3.05) is 7.05 Å². The lowest BCUT2D eigenvalue weighted by Gasteiger charge is -2.23. The molecule has 0 saturated carbocycles. The zero-order chi connectivity index (χ0) is 12.3. The highest BCUT2D eigenvalue weighted by molar-refractivity contribution is 5.45. The van der Waals surface area contributed by atoms with E-state index in [0.717, 1.165) is 0 Å². The Labute approximate surface area is 94.3 Å². The lowest BCUT2D eigenvalue weighted by atomic mass is 9.94. The van der Waals surface area contributed by atoms with Crippen molar-refractivity contribution in [3.63, 3.8) is 0 Å². The minimum atomic E-state index is -0.430. The zero-order valence-corrected chi connectivity index (χ0v) is 9.65. The molecule has 0 fully saturated rings. The first-order chi connectivity index (χ1) is 7.35. The molecule has 0 aliphatic carbocycles. The van der Waals surface area contributed by atoms with Crippen LogP contribution in [0.2, 0.25) is 0 Å². The Kier molecular flexibility index (Phi) is 3.49. The fourth-order valence-corrected chi connectivity index (χ4v) is 1.46. The summed E-state index contributed by atoms with van der Waals surface area (Å²) in [6, 6.07) is 4.10. The molecule has 88 valence electrons. The molecule has 0 bridgehead atoms. The third-order valence-corrected chi connectivity index (χ3v) is 2.57. The van der Waals surface area contributed by atoms with Crippen molar-refractivity contribution in [2.45, 2.75) is 25.8 Å². The molecule has 0 aliphatic heterocycles. The molecule has 0 spiro atoms. The van der Waals surface area contributed by atoms with Gasteiger partial charge in [0, 0.05) is 17.2 Å². The number of nitrogens with zero attached hydrogens (tertiary/aromatic N) is 1. The van der Waals surface area contributed by atoms with Gasteiger partial charge in [0.1, 0.15) is 5.75 Å². The first-order valence-corrected chi connectivity index (χ1v) is 5.01. The van der Waals surface area contributed by atoms with Crippen molar-refractivity contribution in [1.82, 2.24) is 5.32 Å². The predicted octanol–water partition coefficient (Wildman–Crippen LogP) is 1.84. The summed E-state index contributed by atoms with van der Waals surface area (Å²) in [6.07, 6.45) is 0.480. The fourth-order valence-electron chi connectivity index (χ4n) is 1.46. The van der Waals surface area contributed by atoms with Gasteiger partial charge in [-0.15, -0.1) is 0 Å². The van der Waals surface area contributed by atoms with Gasteiger partial charge in [-0.2, -0.15) is 0 Å². The summed E-state index contributed by atoms with van der Waals surface area (Å²) >= 11 is 0. The molecular weight excluding hydrogens is 208 g/mol. The molecule has 0 radical (unpaired) electrons. The summed E-state index contributed by atoms with van der Waals surface area (Å²) in [7, 11) is 1.80. The second-order valence-electron chi connectivity index (χ2n) is 4.38. The van der Waals surface area contributed by atoms with Crippen LogP contribution in [0.25, 0.3) is 0 Å². The van der Waals surface area contributed by atoms with E-state index >= 15 is 0 Å². The summed E-state index contributed by atoms with van der Waals surface area (Å²) < 4.78 is 0. The van der Waals surface area contributed by atoms with Gasteiger partial charge in [-0.1, -0.05) is 0 Å². The number of hydrogen-bond donors (Lipinski definition) is 2. The average molecular weight is 224 g/mol. The molecule has 0 amide bonds. The molecule has 0 atom stereocenters. The molecule has 5 nitrogen and oxygen atoms in total. The van der Waals surface area contributed by atoms with E-state index in [1.807, 2.05) is 13.8 Å². The first-order valence-electron chi connectivity index (χ1n) is 5.01. The van der Waals surface area contributed by atoms with Crippen LogP contribution in [-0.2, 0) is 6.42 Å². The van der Waals surface area contributed by atoms with Crippen molar-refractivity contribution in [3.8, 4) is 5.75 Å².